The van der Waals surface area contributed by atoms with Crippen LogP contribution in [0.1, 0.15) is 13.3 Å². The zero-order valence-electron chi connectivity index (χ0n) is 8.17. The maximum atomic E-state index is 10.6. The molecule has 0 saturated carbocycles. The van der Waals surface area contributed by atoms with Gasteiger partial charge in [0.2, 0.25) is 5.91 Å². The molecule has 0 fully saturated rings. The van der Waals surface area contributed by atoms with Gasteiger partial charge < -0.3 is 10.5 Å². The highest BCUT2D eigenvalue weighted by Gasteiger charge is 2.11. The molecule has 2 N–H and O–H groups in total. The topological polar surface area (TPSA) is 52.3 Å². The highest BCUT2D eigenvalue weighted by Crippen LogP contribution is 2.32. The van der Waals surface area contributed by atoms with Crippen LogP contribution in [0.25, 0.3) is 0 Å². The molecule has 0 aliphatic carbocycles. The van der Waals surface area contributed by atoms with Crippen molar-refractivity contribution in [3.8, 4) is 5.75 Å². The molecule has 1 unspecified atom stereocenters. The number of halogens is 2. The second-order valence-corrected chi connectivity index (χ2v) is 3.94. The molecule has 0 aliphatic rings. The maximum Gasteiger partial charge on any atom is 0.221 e. The molecule has 82 valence electrons. The van der Waals surface area contributed by atoms with E-state index >= 15 is 0 Å². The average molecular weight is 248 g/mol. The van der Waals surface area contributed by atoms with Gasteiger partial charge in [-0.1, -0.05) is 29.3 Å². The van der Waals surface area contributed by atoms with Crippen molar-refractivity contribution in [1.29, 1.82) is 0 Å². The normalized spacial score (nSPS) is 12.2. The Balaban J connectivity index is 2.72. The molecular weight excluding hydrogens is 237 g/mol. The van der Waals surface area contributed by atoms with E-state index in [-0.39, 0.29) is 12.5 Å². The van der Waals surface area contributed by atoms with Gasteiger partial charge in [0.05, 0.1) is 11.4 Å². The van der Waals surface area contributed by atoms with Gasteiger partial charge in [-0.05, 0) is 19.1 Å². The minimum atomic E-state index is -0.416. The van der Waals surface area contributed by atoms with Gasteiger partial charge in [-0.15, -0.1) is 0 Å². The summed E-state index contributed by atoms with van der Waals surface area (Å²) in [7, 11) is 0. The van der Waals surface area contributed by atoms with E-state index in [9.17, 15) is 4.79 Å². The monoisotopic (exact) mass is 247 g/mol. The number of nitrogens with two attached hydrogens (primary N) is 1. The third kappa shape index (κ3) is 3.61. The van der Waals surface area contributed by atoms with Crippen LogP contribution in [0.3, 0.4) is 0 Å². The molecule has 0 heterocycles. The van der Waals surface area contributed by atoms with Gasteiger partial charge in [0.25, 0.3) is 0 Å². The van der Waals surface area contributed by atoms with Crippen LogP contribution in [0, 0.1) is 0 Å². The van der Waals surface area contributed by atoms with E-state index in [4.69, 9.17) is 33.7 Å². The average Bonchev–Trinajstić information content (AvgIpc) is 2.11. The third-order valence-corrected chi connectivity index (χ3v) is 2.53. The summed E-state index contributed by atoms with van der Waals surface area (Å²) in [6.45, 7) is 1.74. The van der Waals surface area contributed by atoms with Crippen LogP contribution in [0.5, 0.6) is 5.75 Å². The van der Waals surface area contributed by atoms with Crippen LogP contribution in [0.2, 0.25) is 10.0 Å². The van der Waals surface area contributed by atoms with Gasteiger partial charge in [0, 0.05) is 0 Å². The van der Waals surface area contributed by atoms with Gasteiger partial charge in [0.15, 0.2) is 0 Å². The van der Waals surface area contributed by atoms with Gasteiger partial charge in [-0.2, -0.15) is 0 Å². The lowest BCUT2D eigenvalue weighted by molar-refractivity contribution is -0.119. The lowest BCUT2D eigenvalue weighted by Crippen LogP contribution is -2.22. The standard InChI is InChI=1S/C10H11Cl2NO2/c1-6(5-9(13)14)15-8-4-2-3-7(11)10(8)12/h2-4,6H,5H2,1H3,(H2,13,14). The van der Waals surface area contributed by atoms with E-state index in [1.54, 1.807) is 25.1 Å². The van der Waals surface area contributed by atoms with Crippen LogP contribution in [0.4, 0.5) is 0 Å². The Hall–Kier alpha value is -0.930. The summed E-state index contributed by atoms with van der Waals surface area (Å²) in [6.07, 6.45) is -0.179. The summed E-state index contributed by atoms with van der Waals surface area (Å²) in [5, 5.41) is 0.760. The molecule has 3 nitrogen and oxygen atoms in total. The summed E-state index contributed by atoms with van der Waals surface area (Å²) in [4.78, 5) is 10.6. The van der Waals surface area contributed by atoms with E-state index in [1.807, 2.05) is 0 Å². The van der Waals surface area contributed by atoms with Crippen LogP contribution >= 0.6 is 23.2 Å². The third-order valence-electron chi connectivity index (χ3n) is 1.73. The number of carbonyl (C=O) groups is 1. The summed E-state index contributed by atoms with van der Waals surface area (Å²) >= 11 is 11.7. The highest BCUT2D eigenvalue weighted by atomic mass is 35.5. The van der Waals surface area contributed by atoms with Crippen molar-refractivity contribution in [2.75, 3.05) is 0 Å². The molecule has 1 rings (SSSR count). The molecule has 0 aliphatic heterocycles. The van der Waals surface area contributed by atoms with Crippen LogP contribution in [-0.4, -0.2) is 12.0 Å². The fraction of sp³-hybridized carbons (Fsp3) is 0.300. The van der Waals surface area contributed by atoms with Crippen molar-refractivity contribution >= 4 is 29.1 Å². The summed E-state index contributed by atoms with van der Waals surface area (Å²) in [5.74, 6) is 0.0403. The smallest absolute Gasteiger partial charge is 0.221 e. The molecule has 0 aromatic heterocycles. The first-order valence-electron chi connectivity index (χ1n) is 4.39. The Morgan fingerprint density at radius 1 is 1.53 bits per heavy atom. The van der Waals surface area contributed by atoms with Gasteiger partial charge in [-0.3, -0.25) is 4.79 Å². The molecule has 1 aromatic carbocycles. The zero-order chi connectivity index (χ0) is 11.4. The molecular formula is C10H11Cl2NO2. The minimum Gasteiger partial charge on any atom is -0.489 e. The predicted molar refractivity (Wildman–Crippen MR) is 60.4 cm³/mol. The number of hydrogen-bond acceptors (Lipinski definition) is 2. The quantitative estimate of drug-likeness (QED) is 0.890. The van der Waals surface area contributed by atoms with Gasteiger partial charge in [0.1, 0.15) is 16.9 Å². The van der Waals surface area contributed by atoms with E-state index in [1.165, 1.54) is 0 Å². The van der Waals surface area contributed by atoms with E-state index in [0.717, 1.165) is 0 Å². The minimum absolute atomic E-state index is 0.142. The van der Waals surface area contributed by atoms with Crippen molar-refractivity contribution in [1.82, 2.24) is 0 Å². The van der Waals surface area contributed by atoms with Crippen molar-refractivity contribution in [2.45, 2.75) is 19.4 Å². The molecule has 5 heteroatoms. The Kier molecular flexibility index (Phi) is 4.24. The van der Waals surface area contributed by atoms with Crippen LogP contribution in [-0.2, 0) is 4.79 Å². The summed E-state index contributed by atoms with van der Waals surface area (Å²) in [6, 6.07) is 5.07. The SMILES string of the molecule is CC(CC(N)=O)Oc1cccc(Cl)c1Cl. The fourth-order valence-electron chi connectivity index (χ4n) is 1.12. The van der Waals surface area contributed by atoms with E-state index < -0.39 is 5.91 Å². The van der Waals surface area contributed by atoms with Crippen molar-refractivity contribution in [3.05, 3.63) is 28.2 Å². The first-order valence-corrected chi connectivity index (χ1v) is 5.15. The van der Waals surface area contributed by atoms with Crippen LogP contribution in [0.15, 0.2) is 18.2 Å². The van der Waals surface area contributed by atoms with Crippen molar-refractivity contribution < 1.29 is 9.53 Å². The summed E-state index contributed by atoms with van der Waals surface area (Å²) in [5.41, 5.74) is 5.04. The Bertz CT molecular complexity index is 368. The molecule has 0 spiro atoms. The van der Waals surface area contributed by atoms with Gasteiger partial charge in [-0.25, -0.2) is 0 Å². The first kappa shape index (κ1) is 12.1. The maximum absolute atomic E-state index is 10.6. The number of carbonyl (C=O) groups excluding carboxylic acids is 1. The Morgan fingerprint density at radius 3 is 2.80 bits per heavy atom. The lowest BCUT2D eigenvalue weighted by atomic mass is 10.2. The fourth-order valence-corrected chi connectivity index (χ4v) is 1.45. The zero-order valence-corrected chi connectivity index (χ0v) is 9.68. The summed E-state index contributed by atoms with van der Waals surface area (Å²) < 4.78 is 5.42. The molecule has 1 amide bonds. The molecule has 1 atom stereocenters. The number of hydrogen-bond donors (Lipinski definition) is 1. The molecule has 15 heavy (non-hydrogen) atoms. The predicted octanol–water partition coefficient (Wildman–Crippen LogP) is 2.64. The van der Waals surface area contributed by atoms with Crippen molar-refractivity contribution in [2.24, 2.45) is 5.73 Å². The molecule has 1 aromatic rings. The van der Waals surface area contributed by atoms with E-state index in [0.29, 0.717) is 15.8 Å². The largest absolute Gasteiger partial charge is 0.489 e. The number of amides is 1. The number of ether oxygens (including phenoxy) is 1. The molecule has 0 bridgehead atoms. The number of primary amides is 1. The number of rotatable bonds is 4. The Morgan fingerprint density at radius 2 is 2.20 bits per heavy atom. The first-order chi connectivity index (χ1) is 7.00. The molecule has 0 saturated heterocycles. The second kappa shape index (κ2) is 5.24. The lowest BCUT2D eigenvalue weighted by Gasteiger charge is -2.14. The number of benzene rings is 1. The van der Waals surface area contributed by atoms with Crippen LogP contribution < -0.4 is 10.5 Å². The van der Waals surface area contributed by atoms with Gasteiger partial charge >= 0.3 is 0 Å². The Labute approximate surface area is 98.1 Å². The highest BCUT2D eigenvalue weighted by molar-refractivity contribution is 6.42. The van der Waals surface area contributed by atoms with Crippen molar-refractivity contribution in [3.63, 3.8) is 0 Å². The second-order valence-electron chi connectivity index (χ2n) is 3.15. The molecule has 0 radical (unpaired) electrons. The van der Waals surface area contributed by atoms with E-state index in [2.05, 4.69) is 0 Å².